The molecule has 0 radical (unpaired) electrons. The zero-order valence-electron chi connectivity index (χ0n) is 10.5. The summed E-state index contributed by atoms with van der Waals surface area (Å²) >= 11 is 0. The summed E-state index contributed by atoms with van der Waals surface area (Å²) in [5, 5.41) is 13.2. The zero-order chi connectivity index (χ0) is 14.3. The SMILES string of the molecule is C#CC(CC)NC(=O)/C=C/c1cccc([N+](=O)[O-])c1. The molecule has 19 heavy (non-hydrogen) atoms. The largest absolute Gasteiger partial charge is 0.339 e. The van der Waals surface area contributed by atoms with Crippen LogP contribution < -0.4 is 5.32 Å². The van der Waals surface area contributed by atoms with Gasteiger partial charge in [0.05, 0.1) is 11.0 Å². The monoisotopic (exact) mass is 258 g/mol. The number of nitro groups is 1. The third-order valence-electron chi connectivity index (χ3n) is 2.43. The van der Waals surface area contributed by atoms with Gasteiger partial charge in [-0.25, -0.2) is 0 Å². The Morgan fingerprint density at radius 3 is 2.95 bits per heavy atom. The number of hydrogen-bond donors (Lipinski definition) is 1. The first-order chi connectivity index (χ1) is 9.06. The van der Waals surface area contributed by atoms with E-state index in [0.717, 1.165) is 0 Å². The summed E-state index contributed by atoms with van der Waals surface area (Å²) < 4.78 is 0. The van der Waals surface area contributed by atoms with Gasteiger partial charge in [-0.05, 0) is 18.1 Å². The van der Waals surface area contributed by atoms with Crippen LogP contribution in [0.4, 0.5) is 5.69 Å². The molecule has 0 aliphatic rings. The van der Waals surface area contributed by atoms with Crippen molar-refractivity contribution >= 4 is 17.7 Å². The molecule has 0 aromatic heterocycles. The second kappa shape index (κ2) is 6.97. The maximum absolute atomic E-state index is 11.5. The Hall–Kier alpha value is -2.61. The summed E-state index contributed by atoms with van der Waals surface area (Å²) in [6.07, 6.45) is 8.68. The lowest BCUT2D eigenvalue weighted by Crippen LogP contribution is -2.31. The molecule has 0 spiro atoms. The van der Waals surface area contributed by atoms with Crippen LogP contribution in [0.15, 0.2) is 30.3 Å². The van der Waals surface area contributed by atoms with Crippen molar-refractivity contribution in [2.75, 3.05) is 0 Å². The first kappa shape index (κ1) is 14.5. The summed E-state index contributed by atoms with van der Waals surface area (Å²) in [5.41, 5.74) is 0.565. The molecule has 0 aliphatic heterocycles. The highest BCUT2D eigenvalue weighted by molar-refractivity contribution is 5.92. The highest BCUT2D eigenvalue weighted by Crippen LogP contribution is 2.13. The first-order valence-electron chi connectivity index (χ1n) is 5.76. The molecule has 0 heterocycles. The lowest BCUT2D eigenvalue weighted by atomic mass is 10.2. The number of carbonyl (C=O) groups excluding carboxylic acids is 1. The Labute approximate surface area is 111 Å². The molecule has 1 atom stereocenters. The fraction of sp³-hybridized carbons (Fsp3) is 0.214. The maximum Gasteiger partial charge on any atom is 0.270 e. The molecule has 0 saturated carbocycles. The third-order valence-corrected chi connectivity index (χ3v) is 2.43. The molecule has 0 fully saturated rings. The van der Waals surface area contributed by atoms with E-state index in [9.17, 15) is 14.9 Å². The van der Waals surface area contributed by atoms with Gasteiger partial charge in [-0.15, -0.1) is 6.42 Å². The van der Waals surface area contributed by atoms with Crippen LogP contribution in [-0.2, 0) is 4.79 Å². The van der Waals surface area contributed by atoms with E-state index in [1.165, 1.54) is 24.3 Å². The molecule has 98 valence electrons. The molecule has 0 aliphatic carbocycles. The maximum atomic E-state index is 11.5. The summed E-state index contributed by atoms with van der Waals surface area (Å²) in [4.78, 5) is 21.6. The molecule has 5 heteroatoms. The smallest absolute Gasteiger partial charge is 0.270 e. The standard InChI is InChI=1S/C14H14N2O3/c1-3-12(4-2)15-14(17)9-8-11-6-5-7-13(10-11)16(18)19/h1,5-10,12H,4H2,2H3,(H,15,17)/b9-8+. The van der Waals surface area contributed by atoms with Crippen LogP contribution in [0, 0.1) is 22.5 Å². The third kappa shape index (κ3) is 4.64. The van der Waals surface area contributed by atoms with Crippen molar-refractivity contribution in [2.45, 2.75) is 19.4 Å². The fourth-order valence-corrected chi connectivity index (χ4v) is 1.40. The average Bonchev–Trinajstić information content (AvgIpc) is 2.42. The number of nitrogens with one attached hydrogen (secondary N) is 1. The molecule has 0 bridgehead atoms. The van der Waals surface area contributed by atoms with Gasteiger partial charge in [0.2, 0.25) is 5.91 Å². The lowest BCUT2D eigenvalue weighted by molar-refractivity contribution is -0.384. The van der Waals surface area contributed by atoms with Crippen molar-refractivity contribution in [2.24, 2.45) is 0 Å². The predicted molar refractivity (Wildman–Crippen MR) is 73.2 cm³/mol. The Morgan fingerprint density at radius 2 is 2.37 bits per heavy atom. The van der Waals surface area contributed by atoms with E-state index in [4.69, 9.17) is 6.42 Å². The summed E-state index contributed by atoms with van der Waals surface area (Å²) in [7, 11) is 0. The highest BCUT2D eigenvalue weighted by Gasteiger charge is 2.05. The molecule has 1 rings (SSSR count). The Bertz CT molecular complexity index is 544. The van der Waals surface area contributed by atoms with Gasteiger partial charge in [0.15, 0.2) is 0 Å². The molecule has 0 saturated heterocycles. The second-order valence-corrected chi connectivity index (χ2v) is 3.82. The van der Waals surface area contributed by atoms with E-state index in [2.05, 4.69) is 11.2 Å². The number of non-ortho nitro benzene ring substituents is 1. The molecule has 1 aromatic carbocycles. The highest BCUT2D eigenvalue weighted by atomic mass is 16.6. The molecule has 1 amide bonds. The minimum atomic E-state index is -0.483. The van der Waals surface area contributed by atoms with E-state index < -0.39 is 4.92 Å². The number of carbonyl (C=O) groups is 1. The van der Waals surface area contributed by atoms with Gasteiger partial charge in [0.25, 0.3) is 5.69 Å². The van der Waals surface area contributed by atoms with E-state index >= 15 is 0 Å². The van der Waals surface area contributed by atoms with Crippen LogP contribution in [0.2, 0.25) is 0 Å². The zero-order valence-corrected chi connectivity index (χ0v) is 10.5. The summed E-state index contributed by atoms with van der Waals surface area (Å²) in [6, 6.07) is 5.72. The topological polar surface area (TPSA) is 72.2 Å². The van der Waals surface area contributed by atoms with Crippen molar-refractivity contribution in [3.8, 4) is 12.3 Å². The van der Waals surface area contributed by atoms with Crippen LogP contribution in [0.1, 0.15) is 18.9 Å². The molecular formula is C14H14N2O3. The van der Waals surface area contributed by atoms with Crippen LogP contribution in [0.5, 0.6) is 0 Å². The van der Waals surface area contributed by atoms with Gasteiger partial charge < -0.3 is 5.32 Å². The number of terminal acetylenes is 1. The van der Waals surface area contributed by atoms with Crippen LogP contribution >= 0.6 is 0 Å². The minimum absolute atomic E-state index is 0.0161. The van der Waals surface area contributed by atoms with Crippen molar-refractivity contribution < 1.29 is 9.72 Å². The molecule has 1 aromatic rings. The van der Waals surface area contributed by atoms with Crippen LogP contribution in [-0.4, -0.2) is 16.9 Å². The molecule has 5 nitrogen and oxygen atoms in total. The number of hydrogen-bond acceptors (Lipinski definition) is 3. The first-order valence-corrected chi connectivity index (χ1v) is 5.76. The Morgan fingerprint density at radius 1 is 1.63 bits per heavy atom. The number of amides is 1. The predicted octanol–water partition coefficient (Wildman–Crippen LogP) is 2.14. The van der Waals surface area contributed by atoms with Gasteiger partial charge in [-0.3, -0.25) is 14.9 Å². The van der Waals surface area contributed by atoms with Crippen molar-refractivity contribution in [1.82, 2.24) is 5.32 Å². The Kier molecular flexibility index (Phi) is 5.30. The Balaban J connectivity index is 2.71. The number of nitrogens with zero attached hydrogens (tertiary/aromatic N) is 1. The second-order valence-electron chi connectivity index (χ2n) is 3.82. The molecular weight excluding hydrogens is 244 g/mol. The van der Waals surface area contributed by atoms with Gasteiger partial charge in [-0.2, -0.15) is 0 Å². The van der Waals surface area contributed by atoms with Crippen molar-refractivity contribution in [3.63, 3.8) is 0 Å². The van der Waals surface area contributed by atoms with E-state index in [1.807, 2.05) is 6.92 Å². The van der Waals surface area contributed by atoms with Gasteiger partial charge in [0.1, 0.15) is 0 Å². The van der Waals surface area contributed by atoms with Crippen LogP contribution in [0.25, 0.3) is 6.08 Å². The van der Waals surface area contributed by atoms with Gasteiger partial charge in [-0.1, -0.05) is 25.0 Å². The number of benzene rings is 1. The van der Waals surface area contributed by atoms with Gasteiger partial charge >= 0.3 is 0 Å². The molecule has 1 N–H and O–H groups in total. The number of rotatable bonds is 5. The average molecular weight is 258 g/mol. The number of nitro benzene ring substituents is 1. The van der Waals surface area contributed by atoms with E-state index in [-0.39, 0.29) is 17.6 Å². The lowest BCUT2D eigenvalue weighted by Gasteiger charge is -2.07. The quantitative estimate of drug-likeness (QED) is 0.380. The van der Waals surface area contributed by atoms with Crippen LogP contribution in [0.3, 0.4) is 0 Å². The van der Waals surface area contributed by atoms with E-state index in [0.29, 0.717) is 12.0 Å². The normalized spacial score (nSPS) is 11.8. The summed E-state index contributed by atoms with van der Waals surface area (Å²) in [5.74, 6) is 2.13. The molecule has 1 unspecified atom stereocenters. The van der Waals surface area contributed by atoms with Crippen molar-refractivity contribution in [1.29, 1.82) is 0 Å². The minimum Gasteiger partial charge on any atom is -0.339 e. The van der Waals surface area contributed by atoms with Crippen molar-refractivity contribution in [3.05, 3.63) is 46.0 Å². The summed E-state index contributed by atoms with van der Waals surface area (Å²) in [6.45, 7) is 1.87. The fourth-order valence-electron chi connectivity index (χ4n) is 1.40. The van der Waals surface area contributed by atoms with E-state index in [1.54, 1.807) is 12.1 Å². The van der Waals surface area contributed by atoms with Gasteiger partial charge in [0, 0.05) is 18.2 Å².